The molecule has 0 radical (unpaired) electrons. The minimum atomic E-state index is -0.224. The van der Waals surface area contributed by atoms with Crippen LogP contribution in [-0.4, -0.2) is 19.3 Å². The summed E-state index contributed by atoms with van der Waals surface area (Å²) in [4.78, 5) is 11.6. The van der Waals surface area contributed by atoms with Crippen molar-refractivity contribution in [1.82, 2.24) is 10.6 Å². The molecule has 2 N–H and O–H groups in total. The second kappa shape index (κ2) is 7.94. The minimum absolute atomic E-state index is 0.153. The Hall–Kier alpha value is -2.49. The second-order valence-corrected chi connectivity index (χ2v) is 4.77. The van der Waals surface area contributed by atoms with Gasteiger partial charge in [-0.1, -0.05) is 48.0 Å². The number of benzene rings is 2. The lowest BCUT2D eigenvalue weighted by Gasteiger charge is -2.09. The molecule has 0 saturated carbocycles. The van der Waals surface area contributed by atoms with Crippen molar-refractivity contribution in [3.05, 3.63) is 65.7 Å². The van der Waals surface area contributed by atoms with Crippen LogP contribution in [0.4, 0.5) is 4.79 Å². The van der Waals surface area contributed by atoms with Crippen LogP contribution in [0.5, 0.6) is 5.75 Å². The summed E-state index contributed by atoms with van der Waals surface area (Å²) in [5, 5.41) is 5.46. The van der Waals surface area contributed by atoms with E-state index < -0.39 is 0 Å². The summed E-state index contributed by atoms with van der Waals surface area (Å²) >= 11 is 0. The molecule has 0 aliphatic heterocycles. The lowest BCUT2D eigenvalue weighted by molar-refractivity contribution is 0.224. The van der Waals surface area contributed by atoms with E-state index in [9.17, 15) is 4.79 Å². The summed E-state index contributed by atoms with van der Waals surface area (Å²) in [6.45, 7) is 2.77. The predicted molar refractivity (Wildman–Crippen MR) is 83.4 cm³/mol. The monoisotopic (exact) mass is 284 g/mol. The molecular weight excluding hydrogens is 264 g/mol. The molecule has 0 saturated heterocycles. The largest absolute Gasteiger partial charge is 0.473 e. The van der Waals surface area contributed by atoms with E-state index in [1.807, 2.05) is 61.5 Å². The number of nitrogens with one attached hydrogen (secondary N) is 2. The highest BCUT2D eigenvalue weighted by atomic mass is 16.5. The molecule has 0 unspecified atom stereocenters. The van der Waals surface area contributed by atoms with Gasteiger partial charge in [-0.25, -0.2) is 4.79 Å². The average Bonchev–Trinajstić information content (AvgIpc) is 2.50. The lowest BCUT2D eigenvalue weighted by Crippen LogP contribution is -2.38. The van der Waals surface area contributed by atoms with Crippen LogP contribution in [0.25, 0.3) is 0 Å². The van der Waals surface area contributed by atoms with Crippen molar-refractivity contribution in [2.45, 2.75) is 13.3 Å². The van der Waals surface area contributed by atoms with E-state index in [0.29, 0.717) is 6.54 Å². The van der Waals surface area contributed by atoms with E-state index in [1.54, 1.807) is 0 Å². The number of amides is 2. The fourth-order valence-electron chi connectivity index (χ4n) is 1.85. The Balaban J connectivity index is 1.60. The summed E-state index contributed by atoms with van der Waals surface area (Å²) in [5.74, 6) is 0.741. The van der Waals surface area contributed by atoms with Gasteiger partial charge in [-0.15, -0.1) is 0 Å². The first-order valence-corrected chi connectivity index (χ1v) is 6.99. The van der Waals surface area contributed by atoms with Gasteiger partial charge < -0.3 is 15.4 Å². The highest BCUT2D eigenvalue weighted by molar-refractivity contribution is 5.73. The van der Waals surface area contributed by atoms with Crippen LogP contribution in [0.1, 0.15) is 11.1 Å². The molecule has 2 rings (SSSR count). The summed E-state index contributed by atoms with van der Waals surface area (Å²) < 4.78 is 5.42. The van der Waals surface area contributed by atoms with Crippen molar-refractivity contribution in [2.24, 2.45) is 0 Å². The van der Waals surface area contributed by atoms with Gasteiger partial charge in [0.2, 0.25) is 0 Å². The van der Waals surface area contributed by atoms with Crippen LogP contribution in [0, 0.1) is 6.92 Å². The van der Waals surface area contributed by atoms with Crippen molar-refractivity contribution in [2.75, 3.05) is 13.3 Å². The van der Waals surface area contributed by atoms with E-state index in [-0.39, 0.29) is 12.8 Å². The highest BCUT2D eigenvalue weighted by Gasteiger charge is 2.00. The van der Waals surface area contributed by atoms with Crippen LogP contribution in [0.15, 0.2) is 54.6 Å². The Morgan fingerprint density at radius 3 is 2.43 bits per heavy atom. The van der Waals surface area contributed by atoms with Gasteiger partial charge in [0.1, 0.15) is 5.75 Å². The molecule has 0 heterocycles. The molecule has 0 aliphatic carbocycles. The third-order valence-corrected chi connectivity index (χ3v) is 3.03. The highest BCUT2D eigenvalue weighted by Crippen LogP contribution is 2.10. The minimum Gasteiger partial charge on any atom is -0.473 e. The second-order valence-electron chi connectivity index (χ2n) is 4.77. The number of aryl methyl sites for hydroxylation is 1. The summed E-state index contributed by atoms with van der Waals surface area (Å²) in [6.07, 6.45) is 0.813. The molecule has 21 heavy (non-hydrogen) atoms. The van der Waals surface area contributed by atoms with Gasteiger partial charge in [0.15, 0.2) is 6.73 Å². The molecule has 0 spiro atoms. The molecule has 0 aliphatic rings. The third-order valence-electron chi connectivity index (χ3n) is 3.03. The van der Waals surface area contributed by atoms with Gasteiger partial charge in [-0.3, -0.25) is 0 Å². The Morgan fingerprint density at radius 1 is 1.00 bits per heavy atom. The molecule has 0 atom stereocenters. The maximum Gasteiger partial charge on any atom is 0.317 e. The van der Waals surface area contributed by atoms with Crippen molar-refractivity contribution in [3.63, 3.8) is 0 Å². The smallest absolute Gasteiger partial charge is 0.317 e. The zero-order valence-electron chi connectivity index (χ0n) is 12.1. The molecule has 2 aromatic carbocycles. The molecule has 4 nitrogen and oxygen atoms in total. The summed E-state index contributed by atoms with van der Waals surface area (Å²) in [7, 11) is 0. The zero-order chi connectivity index (χ0) is 14.9. The molecule has 110 valence electrons. The van der Waals surface area contributed by atoms with Gasteiger partial charge in [-0.2, -0.15) is 0 Å². The van der Waals surface area contributed by atoms with Gasteiger partial charge in [0.05, 0.1) is 0 Å². The molecule has 0 bridgehead atoms. The van der Waals surface area contributed by atoms with Crippen LogP contribution in [0.2, 0.25) is 0 Å². The Bertz CT molecular complexity index is 553. The molecule has 0 aromatic heterocycles. The van der Waals surface area contributed by atoms with E-state index in [0.717, 1.165) is 12.2 Å². The Morgan fingerprint density at radius 2 is 1.71 bits per heavy atom. The van der Waals surface area contributed by atoms with E-state index in [1.165, 1.54) is 11.1 Å². The van der Waals surface area contributed by atoms with E-state index in [4.69, 9.17) is 4.74 Å². The normalized spacial score (nSPS) is 9.95. The predicted octanol–water partition coefficient (Wildman–Crippen LogP) is 2.87. The zero-order valence-corrected chi connectivity index (χ0v) is 12.1. The van der Waals surface area contributed by atoms with Gasteiger partial charge in [0.25, 0.3) is 0 Å². The first-order valence-electron chi connectivity index (χ1n) is 6.99. The van der Waals surface area contributed by atoms with Gasteiger partial charge in [0, 0.05) is 6.54 Å². The maximum absolute atomic E-state index is 11.6. The van der Waals surface area contributed by atoms with Gasteiger partial charge in [-0.05, 0) is 31.0 Å². The number of rotatable bonds is 6. The number of carbonyl (C=O) groups is 1. The van der Waals surface area contributed by atoms with Crippen molar-refractivity contribution >= 4 is 6.03 Å². The number of carbonyl (C=O) groups excluding carboxylic acids is 1. The molecule has 4 heteroatoms. The number of ether oxygens (including phenoxy) is 1. The van der Waals surface area contributed by atoms with Crippen LogP contribution in [-0.2, 0) is 6.42 Å². The van der Waals surface area contributed by atoms with E-state index >= 15 is 0 Å². The Kier molecular flexibility index (Phi) is 5.64. The van der Waals surface area contributed by atoms with Crippen molar-refractivity contribution in [3.8, 4) is 5.75 Å². The Labute approximate surface area is 125 Å². The first kappa shape index (κ1) is 14.9. The topological polar surface area (TPSA) is 50.4 Å². The number of hydrogen-bond donors (Lipinski definition) is 2. The molecule has 2 aromatic rings. The molecule has 0 fully saturated rings. The van der Waals surface area contributed by atoms with Crippen molar-refractivity contribution < 1.29 is 9.53 Å². The first-order chi connectivity index (χ1) is 10.2. The van der Waals surface area contributed by atoms with Crippen LogP contribution >= 0.6 is 0 Å². The number of hydrogen-bond acceptors (Lipinski definition) is 2. The molecule has 2 amide bonds. The van der Waals surface area contributed by atoms with E-state index in [2.05, 4.69) is 10.6 Å². The van der Waals surface area contributed by atoms with Crippen molar-refractivity contribution in [1.29, 1.82) is 0 Å². The summed E-state index contributed by atoms with van der Waals surface area (Å²) in [6, 6.07) is 17.5. The number of urea groups is 1. The quantitative estimate of drug-likeness (QED) is 0.801. The average molecular weight is 284 g/mol. The fourth-order valence-corrected chi connectivity index (χ4v) is 1.85. The summed E-state index contributed by atoms with van der Waals surface area (Å²) in [5.41, 5.74) is 2.38. The lowest BCUT2D eigenvalue weighted by atomic mass is 10.1. The van der Waals surface area contributed by atoms with Gasteiger partial charge >= 0.3 is 6.03 Å². The fraction of sp³-hybridized carbons (Fsp3) is 0.235. The van der Waals surface area contributed by atoms with Crippen LogP contribution < -0.4 is 15.4 Å². The molecular formula is C17H20N2O2. The maximum atomic E-state index is 11.6. The third kappa shape index (κ3) is 5.57. The SMILES string of the molecule is Cc1ccc(OCNC(=O)NCCc2ccccc2)cc1. The standard InChI is InChI=1S/C17H20N2O2/c1-14-7-9-16(10-8-14)21-13-19-17(20)18-12-11-15-5-3-2-4-6-15/h2-10H,11-13H2,1H3,(H2,18,19,20). The van der Waals surface area contributed by atoms with Crippen LogP contribution in [0.3, 0.4) is 0 Å².